The van der Waals surface area contributed by atoms with Crippen molar-refractivity contribution in [2.24, 2.45) is 4.99 Å². The maximum absolute atomic E-state index is 9.45. The Morgan fingerprint density at radius 2 is 2.00 bits per heavy atom. The molecule has 31 heavy (non-hydrogen) atoms. The third-order valence-corrected chi connectivity index (χ3v) is 4.70. The van der Waals surface area contributed by atoms with Crippen LogP contribution in [0.2, 0.25) is 0 Å². The molecular formula is C21H24N8O2. The summed E-state index contributed by atoms with van der Waals surface area (Å²) in [5.74, 6) is 1.72. The summed E-state index contributed by atoms with van der Waals surface area (Å²) in [7, 11) is 0. The lowest BCUT2D eigenvalue weighted by Crippen LogP contribution is -2.32. The molecule has 0 spiro atoms. The zero-order chi connectivity index (χ0) is 22.4. The summed E-state index contributed by atoms with van der Waals surface area (Å²) in [4.78, 5) is 8.82. The van der Waals surface area contributed by atoms with Crippen molar-refractivity contribution in [1.29, 1.82) is 10.5 Å². The topological polar surface area (TPSA) is 167 Å². The molecule has 3 rings (SSSR count). The number of aromatic nitrogens is 1. The van der Waals surface area contributed by atoms with Crippen LogP contribution in [0.4, 0.5) is 17.3 Å². The van der Waals surface area contributed by atoms with Gasteiger partial charge in [-0.25, -0.2) is 9.98 Å². The summed E-state index contributed by atoms with van der Waals surface area (Å²) in [6.07, 6.45) is 3.79. The van der Waals surface area contributed by atoms with Crippen LogP contribution in [0.3, 0.4) is 0 Å². The Kier molecular flexibility index (Phi) is 6.63. The quantitative estimate of drug-likeness (QED) is 0.299. The van der Waals surface area contributed by atoms with Gasteiger partial charge in [0, 0.05) is 5.56 Å². The van der Waals surface area contributed by atoms with Crippen molar-refractivity contribution in [2.75, 3.05) is 30.0 Å². The van der Waals surface area contributed by atoms with E-state index in [0.29, 0.717) is 36.1 Å². The van der Waals surface area contributed by atoms with Crippen LogP contribution in [0.15, 0.2) is 23.2 Å². The summed E-state index contributed by atoms with van der Waals surface area (Å²) in [5.41, 5.74) is 13.7. The minimum atomic E-state index is -0.642. The predicted molar refractivity (Wildman–Crippen MR) is 117 cm³/mol. The zero-order valence-electron chi connectivity index (χ0n) is 17.4. The third kappa shape index (κ3) is 4.38. The third-order valence-electron chi connectivity index (χ3n) is 4.70. The van der Waals surface area contributed by atoms with Crippen LogP contribution < -0.4 is 31.6 Å². The van der Waals surface area contributed by atoms with Crippen molar-refractivity contribution in [2.45, 2.75) is 32.7 Å². The van der Waals surface area contributed by atoms with Crippen LogP contribution in [0.5, 0.6) is 11.5 Å². The van der Waals surface area contributed by atoms with E-state index in [9.17, 15) is 5.26 Å². The smallest absolute Gasteiger partial charge is 0.211 e. The lowest BCUT2D eigenvalue weighted by molar-refractivity contribution is 0.272. The van der Waals surface area contributed by atoms with E-state index >= 15 is 0 Å². The highest BCUT2D eigenvalue weighted by Gasteiger charge is 2.30. The molecule has 10 heteroatoms. The molecule has 1 atom stereocenters. The lowest BCUT2D eigenvalue weighted by atomic mass is 9.95. The van der Waals surface area contributed by atoms with Gasteiger partial charge in [-0.3, -0.25) is 5.32 Å². The molecule has 1 aliphatic heterocycles. The van der Waals surface area contributed by atoms with Gasteiger partial charge in [-0.1, -0.05) is 19.4 Å². The Morgan fingerprint density at radius 3 is 2.68 bits per heavy atom. The molecule has 1 aromatic heterocycles. The van der Waals surface area contributed by atoms with Gasteiger partial charge in [0.25, 0.3) is 0 Å². The van der Waals surface area contributed by atoms with E-state index in [2.05, 4.69) is 27.5 Å². The van der Waals surface area contributed by atoms with E-state index in [1.807, 2.05) is 37.4 Å². The van der Waals surface area contributed by atoms with Crippen LogP contribution in [-0.4, -0.2) is 24.2 Å². The monoisotopic (exact) mass is 420 g/mol. The summed E-state index contributed by atoms with van der Waals surface area (Å²) >= 11 is 0. The van der Waals surface area contributed by atoms with Crippen molar-refractivity contribution < 1.29 is 9.47 Å². The van der Waals surface area contributed by atoms with Crippen LogP contribution in [0, 0.1) is 22.8 Å². The Labute approximate surface area is 180 Å². The number of anilines is 3. The summed E-state index contributed by atoms with van der Waals surface area (Å²) < 4.78 is 11.6. The standard InChI is InChI=1S/C21H24N8O2/c1-3-5-8-31-14-7-6-12(9-15(14)30-4-2)18-16-17(24)13(10-22)19(25)28-20(16)29-21(27-18)26-11-23/h6-7,9,18H,3-5,8H2,1-2H3,(H6,24,25,26,27,28,29). The maximum Gasteiger partial charge on any atom is 0.211 e. The van der Waals surface area contributed by atoms with Crippen LogP contribution >= 0.6 is 0 Å². The number of benzene rings is 1. The lowest BCUT2D eigenvalue weighted by Gasteiger charge is -2.26. The van der Waals surface area contributed by atoms with Crippen molar-refractivity contribution in [3.63, 3.8) is 0 Å². The molecule has 0 aliphatic carbocycles. The summed E-state index contributed by atoms with van der Waals surface area (Å²) in [6.45, 7) is 5.03. The van der Waals surface area contributed by atoms with Crippen molar-refractivity contribution >= 4 is 23.3 Å². The number of nitrogens with two attached hydrogens (primary N) is 2. The van der Waals surface area contributed by atoms with Gasteiger partial charge in [-0.15, -0.1) is 0 Å². The molecule has 0 radical (unpaired) electrons. The SMILES string of the molecule is CCCCOc1ccc(C2N=C(NC#N)Nc3nc(N)c(C#N)c(N)c32)cc1OCC. The van der Waals surface area contributed by atoms with Crippen molar-refractivity contribution in [3.8, 4) is 23.8 Å². The van der Waals surface area contributed by atoms with Gasteiger partial charge in [0.2, 0.25) is 5.96 Å². The van der Waals surface area contributed by atoms with E-state index in [4.69, 9.17) is 26.2 Å². The van der Waals surface area contributed by atoms with E-state index in [0.717, 1.165) is 18.4 Å². The number of nitrogens with zero attached hydrogens (tertiary/aromatic N) is 4. The van der Waals surface area contributed by atoms with Gasteiger partial charge < -0.3 is 26.3 Å². The summed E-state index contributed by atoms with van der Waals surface area (Å²) in [6, 6.07) is 6.83. The van der Waals surface area contributed by atoms with Crippen molar-refractivity contribution in [3.05, 3.63) is 34.9 Å². The fourth-order valence-electron chi connectivity index (χ4n) is 3.23. The number of pyridine rings is 1. The predicted octanol–water partition coefficient (Wildman–Crippen LogP) is 2.64. The van der Waals surface area contributed by atoms with Gasteiger partial charge in [-0.05, 0) is 31.0 Å². The van der Waals surface area contributed by atoms with Gasteiger partial charge in [0.05, 0.1) is 18.9 Å². The maximum atomic E-state index is 9.45. The second-order valence-electron chi connectivity index (χ2n) is 6.74. The average Bonchev–Trinajstić information content (AvgIpc) is 2.75. The molecule has 160 valence electrons. The Balaban J connectivity index is 2.11. The Morgan fingerprint density at radius 1 is 1.19 bits per heavy atom. The number of rotatable bonds is 7. The first-order valence-electron chi connectivity index (χ1n) is 9.92. The molecular weight excluding hydrogens is 396 g/mol. The Hall–Kier alpha value is -4.18. The van der Waals surface area contributed by atoms with E-state index in [1.54, 1.807) is 0 Å². The second-order valence-corrected chi connectivity index (χ2v) is 6.74. The largest absolute Gasteiger partial charge is 0.490 e. The second kappa shape index (κ2) is 9.55. The Bertz CT molecular complexity index is 1080. The minimum Gasteiger partial charge on any atom is -0.490 e. The van der Waals surface area contributed by atoms with E-state index < -0.39 is 6.04 Å². The molecule has 1 aliphatic rings. The number of nitrogens with one attached hydrogen (secondary N) is 2. The number of nitrogen functional groups attached to an aromatic ring is 2. The van der Waals surface area contributed by atoms with Crippen LogP contribution in [0.25, 0.3) is 0 Å². The highest BCUT2D eigenvalue weighted by molar-refractivity contribution is 5.98. The van der Waals surface area contributed by atoms with Gasteiger partial charge in [0.1, 0.15) is 29.3 Å². The fraction of sp³-hybridized carbons (Fsp3) is 0.333. The normalized spacial score (nSPS) is 14.3. The highest BCUT2D eigenvalue weighted by atomic mass is 16.5. The number of unbranched alkanes of at least 4 members (excludes halogenated alkanes) is 1. The first kappa shape index (κ1) is 21.5. The van der Waals surface area contributed by atoms with Crippen LogP contribution in [-0.2, 0) is 0 Å². The highest BCUT2D eigenvalue weighted by Crippen LogP contribution is 2.42. The fourth-order valence-corrected chi connectivity index (χ4v) is 3.23. The van der Waals surface area contributed by atoms with Crippen molar-refractivity contribution in [1.82, 2.24) is 10.3 Å². The molecule has 6 N–H and O–H groups in total. The first-order valence-corrected chi connectivity index (χ1v) is 9.92. The van der Waals surface area contributed by atoms with Gasteiger partial charge >= 0.3 is 0 Å². The number of hydrogen-bond donors (Lipinski definition) is 4. The number of aliphatic imine (C=N–C) groups is 1. The molecule has 0 fully saturated rings. The summed E-state index contributed by atoms with van der Waals surface area (Å²) in [5, 5.41) is 23.9. The number of ether oxygens (including phenoxy) is 2. The molecule has 2 heterocycles. The van der Waals surface area contributed by atoms with E-state index in [1.165, 1.54) is 0 Å². The van der Waals surface area contributed by atoms with Crippen LogP contribution in [0.1, 0.15) is 49.4 Å². The number of hydrogen-bond acceptors (Lipinski definition) is 10. The minimum absolute atomic E-state index is 0.00196. The average molecular weight is 420 g/mol. The molecule has 0 saturated carbocycles. The first-order chi connectivity index (χ1) is 15.0. The number of guanidine groups is 1. The van der Waals surface area contributed by atoms with Gasteiger partial charge in [-0.2, -0.15) is 10.5 Å². The van der Waals surface area contributed by atoms with Gasteiger partial charge in [0.15, 0.2) is 17.7 Å². The molecule has 0 amide bonds. The number of fused-ring (bicyclic) bond motifs is 1. The molecule has 1 unspecified atom stereocenters. The zero-order valence-corrected chi connectivity index (χ0v) is 17.4. The molecule has 1 aromatic carbocycles. The van der Waals surface area contributed by atoms with E-state index in [-0.39, 0.29) is 23.0 Å². The molecule has 0 bridgehead atoms. The molecule has 10 nitrogen and oxygen atoms in total. The number of nitriles is 2. The molecule has 2 aromatic rings. The molecule has 0 saturated heterocycles.